The van der Waals surface area contributed by atoms with Crippen LogP contribution in [-0.4, -0.2) is 6.10 Å². The molecule has 0 unspecified atom stereocenters. The van der Waals surface area contributed by atoms with Crippen LogP contribution in [0.3, 0.4) is 0 Å². The summed E-state index contributed by atoms with van der Waals surface area (Å²) in [6, 6.07) is 5.64. The van der Waals surface area contributed by atoms with Crippen LogP contribution in [0.1, 0.15) is 69.4 Å². The van der Waals surface area contributed by atoms with Gasteiger partial charge in [0.1, 0.15) is 23.0 Å². The van der Waals surface area contributed by atoms with Gasteiger partial charge in [0.05, 0.1) is 6.10 Å². The second-order valence-corrected chi connectivity index (χ2v) is 10.4. The van der Waals surface area contributed by atoms with Crippen LogP contribution in [0.15, 0.2) is 42.5 Å². The van der Waals surface area contributed by atoms with Gasteiger partial charge in [-0.2, -0.15) is 8.78 Å². The number of halogens is 5. The molecule has 2 fully saturated rings. The van der Waals surface area contributed by atoms with Gasteiger partial charge in [0, 0.05) is 5.56 Å². The second kappa shape index (κ2) is 10.8. The Kier molecular flexibility index (Phi) is 7.99. The molecule has 190 valence electrons. The molecule has 2 aromatic rings. The Bertz CT molecular complexity index is 1020. The van der Waals surface area contributed by atoms with E-state index in [2.05, 4.69) is 19.1 Å². The van der Waals surface area contributed by atoms with Crippen molar-refractivity contribution in [2.75, 3.05) is 0 Å². The highest BCUT2D eigenvalue weighted by molar-refractivity contribution is 5.65. The first kappa shape index (κ1) is 25.9. The van der Waals surface area contributed by atoms with E-state index < -0.39 is 35.2 Å². The fraction of sp³-hybridized carbons (Fsp3) is 0.517. The molecule has 0 atom stereocenters. The molecular weight excluding hydrogens is 459 g/mol. The number of aryl methyl sites for hydroxylation is 1. The molecule has 0 radical (unpaired) electrons. The van der Waals surface area contributed by atoms with Crippen LogP contribution in [0.5, 0.6) is 0 Å². The van der Waals surface area contributed by atoms with Gasteiger partial charge in [-0.1, -0.05) is 44.1 Å². The highest BCUT2D eigenvalue weighted by atomic mass is 19.3. The van der Waals surface area contributed by atoms with Crippen molar-refractivity contribution < 1.29 is 26.7 Å². The van der Waals surface area contributed by atoms with E-state index in [4.69, 9.17) is 4.74 Å². The number of benzene rings is 2. The lowest BCUT2D eigenvalue weighted by molar-refractivity contribution is -0.280. The Labute approximate surface area is 204 Å². The smallest absolute Gasteiger partial charge is 0.313 e. The van der Waals surface area contributed by atoms with Crippen molar-refractivity contribution in [3.05, 3.63) is 71.1 Å². The number of ether oxygens (including phenoxy) is 1. The van der Waals surface area contributed by atoms with E-state index in [1.807, 2.05) is 0 Å². The van der Waals surface area contributed by atoms with Crippen LogP contribution >= 0.6 is 0 Å². The van der Waals surface area contributed by atoms with Gasteiger partial charge in [0.15, 0.2) is 0 Å². The first-order valence-electron chi connectivity index (χ1n) is 12.6. The maximum absolute atomic E-state index is 14.9. The average Bonchev–Trinajstić information content (AvgIpc) is 2.78. The lowest BCUT2D eigenvalue weighted by Crippen LogP contribution is -2.31. The summed E-state index contributed by atoms with van der Waals surface area (Å²) in [6.07, 6.45) is 6.73. The van der Waals surface area contributed by atoms with Crippen LogP contribution in [0.2, 0.25) is 0 Å². The topological polar surface area (TPSA) is 9.23 Å². The predicted molar refractivity (Wildman–Crippen MR) is 127 cm³/mol. The van der Waals surface area contributed by atoms with E-state index in [-0.39, 0.29) is 11.1 Å². The van der Waals surface area contributed by atoms with Gasteiger partial charge in [-0.05, 0) is 92.5 Å². The lowest BCUT2D eigenvalue weighted by Gasteiger charge is -2.31. The van der Waals surface area contributed by atoms with Crippen molar-refractivity contribution in [2.45, 2.75) is 77.4 Å². The van der Waals surface area contributed by atoms with Crippen molar-refractivity contribution in [3.63, 3.8) is 0 Å². The standard InChI is InChI=1S/C29H33F5O/c1-18-3-6-20(7-4-18)8-9-21-10-12-23(13-11-21)35-29(33,34)28-26(31)16-22(17-27(28)32)24-14-5-19(2)15-25(24)30/h5,8-9,14-18,20-21,23H,3-4,6-7,10-13H2,1-2H3/b9-8+. The molecule has 6 heteroatoms. The molecular formula is C29H33F5O. The van der Waals surface area contributed by atoms with Crippen LogP contribution in [0.25, 0.3) is 11.1 Å². The van der Waals surface area contributed by atoms with Gasteiger partial charge in [0.25, 0.3) is 0 Å². The summed E-state index contributed by atoms with van der Waals surface area (Å²) in [6.45, 7) is 3.96. The minimum absolute atomic E-state index is 0.0571. The number of rotatable bonds is 6. The maximum atomic E-state index is 14.9. The molecule has 2 saturated carbocycles. The number of allylic oxidation sites excluding steroid dienone is 2. The van der Waals surface area contributed by atoms with Gasteiger partial charge in [-0.3, -0.25) is 0 Å². The minimum atomic E-state index is -4.12. The summed E-state index contributed by atoms with van der Waals surface area (Å²) in [4.78, 5) is 0. The van der Waals surface area contributed by atoms with Crippen molar-refractivity contribution in [1.82, 2.24) is 0 Å². The van der Waals surface area contributed by atoms with E-state index >= 15 is 0 Å². The van der Waals surface area contributed by atoms with Crippen molar-refractivity contribution in [2.24, 2.45) is 17.8 Å². The number of alkyl halides is 2. The Morgan fingerprint density at radius 1 is 0.771 bits per heavy atom. The molecule has 2 aromatic carbocycles. The molecule has 0 bridgehead atoms. The predicted octanol–water partition coefficient (Wildman–Crippen LogP) is 9.09. The van der Waals surface area contributed by atoms with Crippen molar-refractivity contribution in [1.29, 1.82) is 0 Å². The van der Waals surface area contributed by atoms with Gasteiger partial charge in [-0.25, -0.2) is 13.2 Å². The van der Waals surface area contributed by atoms with Crippen LogP contribution < -0.4 is 0 Å². The number of hydrogen-bond acceptors (Lipinski definition) is 1. The molecule has 0 saturated heterocycles. The zero-order valence-corrected chi connectivity index (χ0v) is 20.3. The SMILES string of the molecule is Cc1ccc(-c2cc(F)c(C(F)(F)OC3CCC(/C=C/C4CCC(C)CC4)CC3)c(F)c2)c(F)c1. The van der Waals surface area contributed by atoms with E-state index in [9.17, 15) is 22.0 Å². The molecule has 0 amide bonds. The Morgan fingerprint density at radius 3 is 1.86 bits per heavy atom. The zero-order chi connectivity index (χ0) is 25.2. The van der Waals surface area contributed by atoms with Crippen molar-refractivity contribution >= 4 is 0 Å². The molecule has 0 heterocycles. The Morgan fingerprint density at radius 2 is 1.31 bits per heavy atom. The highest BCUT2D eigenvalue weighted by Gasteiger charge is 2.42. The van der Waals surface area contributed by atoms with E-state index in [0.29, 0.717) is 43.1 Å². The zero-order valence-electron chi connectivity index (χ0n) is 20.3. The average molecular weight is 493 g/mol. The molecule has 35 heavy (non-hydrogen) atoms. The normalized spacial score (nSPS) is 25.8. The van der Waals surface area contributed by atoms with Crippen LogP contribution in [-0.2, 0) is 10.8 Å². The molecule has 0 aromatic heterocycles. The highest BCUT2D eigenvalue weighted by Crippen LogP contribution is 2.40. The van der Waals surface area contributed by atoms with Crippen molar-refractivity contribution in [3.8, 4) is 11.1 Å². The molecule has 0 N–H and O–H groups in total. The molecule has 2 aliphatic rings. The third-order valence-corrected chi connectivity index (χ3v) is 7.52. The molecule has 0 spiro atoms. The first-order valence-corrected chi connectivity index (χ1v) is 12.6. The summed E-state index contributed by atoms with van der Waals surface area (Å²) in [5, 5.41) is 0. The first-order chi connectivity index (χ1) is 16.6. The van der Waals surface area contributed by atoms with E-state index in [1.165, 1.54) is 37.8 Å². The molecule has 0 aliphatic heterocycles. The summed E-state index contributed by atoms with van der Waals surface area (Å²) in [5.41, 5.74) is -0.991. The third kappa shape index (κ3) is 6.32. The van der Waals surface area contributed by atoms with E-state index in [1.54, 1.807) is 13.0 Å². The second-order valence-electron chi connectivity index (χ2n) is 10.4. The Hall–Kier alpha value is -2.21. The number of hydrogen-bond donors (Lipinski definition) is 0. The summed E-state index contributed by atoms with van der Waals surface area (Å²) in [5.74, 6) is -1.87. The van der Waals surface area contributed by atoms with Crippen LogP contribution in [0, 0.1) is 42.1 Å². The van der Waals surface area contributed by atoms with Crippen LogP contribution in [0.4, 0.5) is 22.0 Å². The maximum Gasteiger partial charge on any atom is 0.389 e. The van der Waals surface area contributed by atoms with Gasteiger partial charge < -0.3 is 4.74 Å². The third-order valence-electron chi connectivity index (χ3n) is 7.52. The van der Waals surface area contributed by atoms with Gasteiger partial charge in [0.2, 0.25) is 0 Å². The van der Waals surface area contributed by atoms with Gasteiger partial charge in [-0.15, -0.1) is 0 Å². The van der Waals surface area contributed by atoms with E-state index in [0.717, 1.165) is 18.1 Å². The fourth-order valence-corrected chi connectivity index (χ4v) is 5.32. The minimum Gasteiger partial charge on any atom is -0.313 e. The molecule has 2 aliphatic carbocycles. The monoisotopic (exact) mass is 492 g/mol. The summed E-state index contributed by atoms with van der Waals surface area (Å²) < 4.78 is 78.3. The quantitative estimate of drug-likeness (QED) is 0.289. The summed E-state index contributed by atoms with van der Waals surface area (Å²) >= 11 is 0. The largest absolute Gasteiger partial charge is 0.389 e. The summed E-state index contributed by atoms with van der Waals surface area (Å²) in [7, 11) is 0. The molecule has 1 nitrogen and oxygen atoms in total. The molecule has 4 rings (SSSR count). The fourth-order valence-electron chi connectivity index (χ4n) is 5.32. The Balaban J connectivity index is 1.38. The lowest BCUT2D eigenvalue weighted by atomic mass is 9.81. The van der Waals surface area contributed by atoms with Gasteiger partial charge >= 0.3 is 6.11 Å².